The molecule has 1 saturated heterocycles. The highest BCUT2D eigenvalue weighted by molar-refractivity contribution is 5.80. The van der Waals surface area contributed by atoms with Crippen LogP contribution in [0.25, 0.3) is 5.69 Å². The molecule has 1 aromatic carbocycles. The van der Waals surface area contributed by atoms with E-state index < -0.39 is 0 Å². The molecular weight excluding hydrogens is 230 g/mol. The zero-order valence-electron chi connectivity index (χ0n) is 9.86. The minimum Gasteiger partial charge on any atom is -0.338 e. The third-order valence-corrected chi connectivity index (χ3v) is 3.06. The van der Waals surface area contributed by atoms with E-state index in [1.54, 1.807) is 4.68 Å². The van der Waals surface area contributed by atoms with Gasteiger partial charge in [-0.2, -0.15) is 4.68 Å². The van der Waals surface area contributed by atoms with Gasteiger partial charge in [0.2, 0.25) is 5.95 Å². The van der Waals surface area contributed by atoms with Gasteiger partial charge in [0.05, 0.1) is 5.69 Å². The van der Waals surface area contributed by atoms with E-state index in [-0.39, 0.29) is 0 Å². The van der Waals surface area contributed by atoms with Crippen molar-refractivity contribution in [3.05, 3.63) is 30.3 Å². The molecule has 3 rings (SSSR count). The van der Waals surface area contributed by atoms with E-state index in [2.05, 4.69) is 20.4 Å². The molecule has 6 heteroatoms. The predicted octanol–water partition coefficient (Wildman–Crippen LogP) is 0.832. The normalized spacial score (nSPS) is 16.0. The molecule has 0 N–H and O–H groups in total. The second-order valence-corrected chi connectivity index (χ2v) is 4.25. The van der Waals surface area contributed by atoms with Crippen LogP contribution < -0.4 is 4.90 Å². The first-order valence-corrected chi connectivity index (χ1v) is 5.95. The molecule has 0 radical (unpaired) electrons. The van der Waals surface area contributed by atoms with Gasteiger partial charge in [-0.05, 0) is 22.6 Å². The number of carbonyl (C=O) groups is 1. The van der Waals surface area contributed by atoms with Crippen molar-refractivity contribution in [2.45, 2.75) is 12.8 Å². The number of rotatable bonds is 2. The summed E-state index contributed by atoms with van der Waals surface area (Å²) in [6.07, 6.45) is 1.14. The van der Waals surface area contributed by atoms with Gasteiger partial charge in [0.1, 0.15) is 5.78 Å². The summed E-state index contributed by atoms with van der Waals surface area (Å²) in [4.78, 5) is 13.3. The van der Waals surface area contributed by atoms with Crippen LogP contribution in [0.4, 0.5) is 5.95 Å². The molecule has 1 aromatic heterocycles. The Morgan fingerprint density at radius 1 is 1.06 bits per heavy atom. The van der Waals surface area contributed by atoms with E-state index in [1.165, 1.54) is 0 Å². The van der Waals surface area contributed by atoms with Crippen molar-refractivity contribution < 1.29 is 4.79 Å². The first-order valence-electron chi connectivity index (χ1n) is 5.95. The molecule has 6 nitrogen and oxygen atoms in total. The van der Waals surface area contributed by atoms with Gasteiger partial charge in [-0.3, -0.25) is 4.79 Å². The summed E-state index contributed by atoms with van der Waals surface area (Å²) in [6, 6.07) is 9.75. The van der Waals surface area contributed by atoms with Crippen molar-refractivity contribution >= 4 is 11.7 Å². The highest BCUT2D eigenvalue weighted by Crippen LogP contribution is 2.18. The summed E-state index contributed by atoms with van der Waals surface area (Å²) >= 11 is 0. The maximum atomic E-state index is 11.2. The van der Waals surface area contributed by atoms with Crippen LogP contribution in [-0.4, -0.2) is 39.1 Å². The van der Waals surface area contributed by atoms with Gasteiger partial charge in [0.25, 0.3) is 0 Å². The van der Waals surface area contributed by atoms with Gasteiger partial charge in [0, 0.05) is 25.9 Å². The first-order chi connectivity index (χ1) is 8.84. The largest absolute Gasteiger partial charge is 0.338 e. The van der Waals surface area contributed by atoms with Crippen LogP contribution in [0.1, 0.15) is 12.8 Å². The Bertz CT molecular complexity index is 541. The molecule has 0 spiro atoms. The molecule has 1 aliphatic rings. The second kappa shape index (κ2) is 4.56. The lowest BCUT2D eigenvalue weighted by Crippen LogP contribution is -2.35. The zero-order chi connectivity index (χ0) is 12.4. The number of hydrogen-bond acceptors (Lipinski definition) is 5. The summed E-state index contributed by atoms with van der Waals surface area (Å²) in [5.41, 5.74) is 0.925. The van der Waals surface area contributed by atoms with Gasteiger partial charge < -0.3 is 4.90 Å². The third-order valence-electron chi connectivity index (χ3n) is 3.06. The first kappa shape index (κ1) is 10.9. The molecule has 18 heavy (non-hydrogen) atoms. The Morgan fingerprint density at radius 2 is 1.78 bits per heavy atom. The van der Waals surface area contributed by atoms with Crippen molar-refractivity contribution in [3.8, 4) is 5.69 Å². The number of aromatic nitrogens is 4. The quantitative estimate of drug-likeness (QED) is 0.781. The highest BCUT2D eigenvalue weighted by atomic mass is 16.1. The molecule has 0 unspecified atom stereocenters. The molecule has 0 atom stereocenters. The molecule has 1 aliphatic heterocycles. The SMILES string of the molecule is O=C1CCN(c2nnnn2-c2ccccc2)CC1. The highest BCUT2D eigenvalue weighted by Gasteiger charge is 2.21. The minimum absolute atomic E-state index is 0.310. The average molecular weight is 243 g/mol. The van der Waals surface area contributed by atoms with Crippen LogP contribution in [0, 0.1) is 0 Å². The minimum atomic E-state index is 0.310. The van der Waals surface area contributed by atoms with Gasteiger partial charge >= 0.3 is 0 Å². The van der Waals surface area contributed by atoms with Crippen molar-refractivity contribution in [1.29, 1.82) is 0 Å². The van der Waals surface area contributed by atoms with Crippen molar-refractivity contribution in [2.75, 3.05) is 18.0 Å². The Balaban J connectivity index is 1.90. The molecule has 0 amide bonds. The summed E-state index contributed by atoms with van der Waals surface area (Å²) in [6.45, 7) is 1.37. The summed E-state index contributed by atoms with van der Waals surface area (Å²) in [5, 5.41) is 11.8. The molecular formula is C12H13N5O. The fourth-order valence-electron chi connectivity index (χ4n) is 2.07. The zero-order valence-corrected chi connectivity index (χ0v) is 9.86. The number of carbonyl (C=O) groups excluding carboxylic acids is 1. The number of nitrogens with zero attached hydrogens (tertiary/aromatic N) is 5. The number of benzene rings is 1. The standard InChI is InChI=1S/C12H13N5O/c18-11-6-8-16(9-7-11)12-13-14-15-17(12)10-4-2-1-3-5-10/h1-5H,6-9H2. The van der Waals surface area contributed by atoms with E-state index in [1.807, 2.05) is 30.3 Å². The van der Waals surface area contributed by atoms with Crippen molar-refractivity contribution in [3.63, 3.8) is 0 Å². The van der Waals surface area contributed by atoms with Crippen molar-refractivity contribution in [1.82, 2.24) is 20.2 Å². The van der Waals surface area contributed by atoms with Gasteiger partial charge in [-0.1, -0.05) is 23.3 Å². The van der Waals surface area contributed by atoms with Crippen LogP contribution in [0.3, 0.4) is 0 Å². The van der Waals surface area contributed by atoms with Gasteiger partial charge in [-0.15, -0.1) is 0 Å². The van der Waals surface area contributed by atoms with E-state index in [9.17, 15) is 4.79 Å². The van der Waals surface area contributed by atoms with Gasteiger partial charge in [-0.25, -0.2) is 0 Å². The van der Waals surface area contributed by atoms with E-state index >= 15 is 0 Å². The average Bonchev–Trinajstić information content (AvgIpc) is 2.90. The number of piperidine rings is 1. The van der Waals surface area contributed by atoms with Crippen LogP contribution in [0.15, 0.2) is 30.3 Å². The number of anilines is 1. The lowest BCUT2D eigenvalue weighted by molar-refractivity contribution is -0.119. The van der Waals surface area contributed by atoms with E-state index in [0.29, 0.717) is 37.7 Å². The van der Waals surface area contributed by atoms with Crippen LogP contribution >= 0.6 is 0 Å². The van der Waals surface area contributed by atoms with Crippen molar-refractivity contribution in [2.24, 2.45) is 0 Å². The van der Waals surface area contributed by atoms with Crippen LogP contribution in [0.5, 0.6) is 0 Å². The lowest BCUT2D eigenvalue weighted by atomic mass is 10.1. The molecule has 1 fully saturated rings. The molecule has 0 saturated carbocycles. The third kappa shape index (κ3) is 1.97. The Labute approximate surface area is 104 Å². The second-order valence-electron chi connectivity index (χ2n) is 4.25. The monoisotopic (exact) mass is 243 g/mol. The molecule has 2 aromatic rings. The maximum Gasteiger partial charge on any atom is 0.250 e. The van der Waals surface area contributed by atoms with E-state index in [0.717, 1.165) is 5.69 Å². The number of Topliss-reactive ketones (excluding diaryl/α,β-unsaturated/α-hetero) is 1. The van der Waals surface area contributed by atoms with Gasteiger partial charge in [0.15, 0.2) is 0 Å². The maximum absolute atomic E-state index is 11.2. The smallest absolute Gasteiger partial charge is 0.250 e. The molecule has 2 heterocycles. The predicted molar refractivity (Wildman–Crippen MR) is 65.6 cm³/mol. The number of ketones is 1. The fourth-order valence-corrected chi connectivity index (χ4v) is 2.07. The van der Waals surface area contributed by atoms with Crippen LogP contribution in [0.2, 0.25) is 0 Å². The molecule has 0 bridgehead atoms. The fraction of sp³-hybridized carbons (Fsp3) is 0.333. The molecule has 92 valence electrons. The number of para-hydroxylation sites is 1. The summed E-state index contributed by atoms with van der Waals surface area (Å²) in [5.74, 6) is 1.01. The Morgan fingerprint density at radius 3 is 2.50 bits per heavy atom. The topological polar surface area (TPSA) is 63.9 Å². The summed E-state index contributed by atoms with van der Waals surface area (Å²) < 4.78 is 1.70. The molecule has 0 aliphatic carbocycles. The van der Waals surface area contributed by atoms with Crippen LogP contribution in [-0.2, 0) is 4.79 Å². The Kier molecular flexibility index (Phi) is 2.76. The van der Waals surface area contributed by atoms with E-state index in [4.69, 9.17) is 0 Å². The number of hydrogen-bond donors (Lipinski definition) is 0. The lowest BCUT2D eigenvalue weighted by Gasteiger charge is -2.26. The summed E-state index contributed by atoms with van der Waals surface area (Å²) in [7, 11) is 0. The Hall–Kier alpha value is -2.24. The number of tetrazole rings is 1.